The largest absolute Gasteiger partial charge is 0.393 e. The average molecular weight is 256 g/mol. The maximum absolute atomic E-state index is 11.5. The maximum atomic E-state index is 11.5. The maximum Gasteiger partial charge on any atom is 0.132 e. The smallest absolute Gasteiger partial charge is 0.132 e. The average Bonchev–Trinajstić information content (AvgIpc) is 2.32. The Morgan fingerprint density at radius 2 is 1.39 bits per heavy atom. The standard InChI is InChI=1S/C16H32O2/c1-3-4-9-13-16(18)14-11-8-6-5-7-10-12-15(2)17/h15,17H,3-14H2,1-2H3. The molecule has 0 heterocycles. The summed E-state index contributed by atoms with van der Waals surface area (Å²) in [7, 11) is 0. The molecular formula is C16H32O2. The van der Waals surface area contributed by atoms with Crippen molar-refractivity contribution in [3.05, 3.63) is 0 Å². The topological polar surface area (TPSA) is 37.3 Å². The van der Waals surface area contributed by atoms with E-state index >= 15 is 0 Å². The molecule has 0 radical (unpaired) electrons. The molecule has 0 amide bonds. The first-order valence-corrected chi connectivity index (χ1v) is 7.86. The number of hydrogen-bond acceptors (Lipinski definition) is 2. The van der Waals surface area contributed by atoms with Crippen molar-refractivity contribution in [1.29, 1.82) is 0 Å². The van der Waals surface area contributed by atoms with E-state index in [1.54, 1.807) is 0 Å². The summed E-state index contributed by atoms with van der Waals surface area (Å²) in [6.07, 6.45) is 12.9. The molecule has 0 aromatic carbocycles. The summed E-state index contributed by atoms with van der Waals surface area (Å²) >= 11 is 0. The molecular weight excluding hydrogens is 224 g/mol. The Bertz CT molecular complexity index is 188. The van der Waals surface area contributed by atoms with Gasteiger partial charge >= 0.3 is 0 Å². The lowest BCUT2D eigenvalue weighted by molar-refractivity contribution is -0.119. The Hall–Kier alpha value is -0.370. The molecule has 0 spiro atoms. The highest BCUT2D eigenvalue weighted by Gasteiger charge is 2.01. The van der Waals surface area contributed by atoms with Gasteiger partial charge in [-0.05, 0) is 26.2 Å². The van der Waals surface area contributed by atoms with E-state index in [-0.39, 0.29) is 6.10 Å². The van der Waals surface area contributed by atoms with E-state index in [1.807, 2.05) is 6.92 Å². The van der Waals surface area contributed by atoms with Crippen molar-refractivity contribution in [2.75, 3.05) is 0 Å². The van der Waals surface area contributed by atoms with Gasteiger partial charge in [0.1, 0.15) is 5.78 Å². The van der Waals surface area contributed by atoms with Crippen LogP contribution in [0.3, 0.4) is 0 Å². The Labute approximate surface area is 113 Å². The molecule has 0 aliphatic rings. The molecule has 2 nitrogen and oxygen atoms in total. The normalized spacial score (nSPS) is 12.6. The molecule has 108 valence electrons. The predicted octanol–water partition coefficient (Wildman–Crippen LogP) is 4.64. The molecule has 0 rings (SSSR count). The first kappa shape index (κ1) is 17.6. The second-order valence-electron chi connectivity index (χ2n) is 5.50. The molecule has 2 heteroatoms. The number of rotatable bonds is 13. The molecule has 0 aliphatic carbocycles. The molecule has 0 bridgehead atoms. The third-order valence-corrected chi connectivity index (χ3v) is 3.39. The molecule has 0 aliphatic heterocycles. The van der Waals surface area contributed by atoms with Gasteiger partial charge in [0.05, 0.1) is 6.10 Å². The minimum Gasteiger partial charge on any atom is -0.393 e. The van der Waals surface area contributed by atoms with Crippen molar-refractivity contribution in [1.82, 2.24) is 0 Å². The van der Waals surface area contributed by atoms with E-state index < -0.39 is 0 Å². The van der Waals surface area contributed by atoms with E-state index in [0.717, 1.165) is 38.5 Å². The van der Waals surface area contributed by atoms with Crippen molar-refractivity contribution < 1.29 is 9.90 Å². The van der Waals surface area contributed by atoms with Crippen molar-refractivity contribution in [3.8, 4) is 0 Å². The quantitative estimate of drug-likeness (QED) is 0.487. The van der Waals surface area contributed by atoms with Crippen LogP contribution in [0.25, 0.3) is 0 Å². The summed E-state index contributed by atoms with van der Waals surface area (Å²) in [5, 5.41) is 9.11. The molecule has 0 saturated heterocycles. The van der Waals surface area contributed by atoms with Crippen LogP contribution in [-0.2, 0) is 4.79 Å². The number of ketones is 1. The number of hydrogen-bond donors (Lipinski definition) is 1. The zero-order valence-corrected chi connectivity index (χ0v) is 12.4. The SMILES string of the molecule is CCCCCC(=O)CCCCCCCCC(C)O. The highest BCUT2D eigenvalue weighted by atomic mass is 16.3. The highest BCUT2D eigenvalue weighted by molar-refractivity contribution is 5.78. The fraction of sp³-hybridized carbons (Fsp3) is 0.938. The van der Waals surface area contributed by atoms with Crippen LogP contribution in [0.2, 0.25) is 0 Å². The van der Waals surface area contributed by atoms with Crippen molar-refractivity contribution in [2.24, 2.45) is 0 Å². The summed E-state index contributed by atoms with van der Waals surface area (Å²) in [5.74, 6) is 0.456. The van der Waals surface area contributed by atoms with Crippen LogP contribution in [0, 0.1) is 0 Å². The van der Waals surface area contributed by atoms with Crippen LogP contribution < -0.4 is 0 Å². The number of carbonyl (C=O) groups excluding carboxylic acids is 1. The zero-order valence-electron chi connectivity index (χ0n) is 12.4. The van der Waals surface area contributed by atoms with Crippen LogP contribution >= 0.6 is 0 Å². The molecule has 0 aromatic heterocycles. The number of unbranched alkanes of at least 4 members (excludes halogenated alkanes) is 7. The monoisotopic (exact) mass is 256 g/mol. The van der Waals surface area contributed by atoms with Gasteiger partial charge in [-0.15, -0.1) is 0 Å². The van der Waals surface area contributed by atoms with Gasteiger partial charge in [-0.3, -0.25) is 4.79 Å². The number of Topliss-reactive ketones (excluding diaryl/α,β-unsaturated/α-hetero) is 1. The van der Waals surface area contributed by atoms with Gasteiger partial charge in [-0.1, -0.05) is 51.9 Å². The summed E-state index contributed by atoms with van der Waals surface area (Å²) in [5.41, 5.74) is 0. The Morgan fingerprint density at radius 1 is 0.889 bits per heavy atom. The van der Waals surface area contributed by atoms with Crippen LogP contribution in [-0.4, -0.2) is 17.0 Å². The summed E-state index contributed by atoms with van der Waals surface area (Å²) < 4.78 is 0. The highest BCUT2D eigenvalue weighted by Crippen LogP contribution is 2.11. The summed E-state index contributed by atoms with van der Waals surface area (Å²) in [6.45, 7) is 4.02. The van der Waals surface area contributed by atoms with Gasteiger partial charge < -0.3 is 5.11 Å². The van der Waals surface area contributed by atoms with Gasteiger partial charge in [-0.2, -0.15) is 0 Å². The van der Waals surface area contributed by atoms with Crippen LogP contribution in [0.15, 0.2) is 0 Å². The first-order valence-electron chi connectivity index (χ1n) is 7.86. The van der Waals surface area contributed by atoms with E-state index in [4.69, 9.17) is 5.11 Å². The first-order chi connectivity index (χ1) is 8.66. The lowest BCUT2D eigenvalue weighted by Crippen LogP contribution is -1.98. The van der Waals surface area contributed by atoms with E-state index in [9.17, 15) is 4.79 Å². The minimum absolute atomic E-state index is 0.147. The molecule has 18 heavy (non-hydrogen) atoms. The zero-order chi connectivity index (χ0) is 13.6. The Morgan fingerprint density at radius 3 is 1.94 bits per heavy atom. The lowest BCUT2D eigenvalue weighted by Gasteiger charge is -2.04. The molecule has 1 atom stereocenters. The van der Waals surface area contributed by atoms with E-state index in [0.29, 0.717) is 5.78 Å². The van der Waals surface area contributed by atoms with Gasteiger partial charge in [0.2, 0.25) is 0 Å². The van der Waals surface area contributed by atoms with Crippen LogP contribution in [0.5, 0.6) is 0 Å². The predicted molar refractivity (Wildman–Crippen MR) is 77.8 cm³/mol. The second-order valence-corrected chi connectivity index (χ2v) is 5.50. The van der Waals surface area contributed by atoms with Gasteiger partial charge in [0.15, 0.2) is 0 Å². The Kier molecular flexibility index (Phi) is 12.8. The summed E-state index contributed by atoms with van der Waals surface area (Å²) in [6, 6.07) is 0. The third-order valence-electron chi connectivity index (χ3n) is 3.39. The number of aliphatic hydroxyl groups excluding tert-OH is 1. The van der Waals surface area contributed by atoms with Crippen LogP contribution in [0.4, 0.5) is 0 Å². The molecule has 0 aromatic rings. The lowest BCUT2D eigenvalue weighted by atomic mass is 10.0. The molecule has 0 fully saturated rings. The molecule has 1 unspecified atom stereocenters. The Balaban J connectivity index is 3.12. The molecule has 0 saturated carbocycles. The second kappa shape index (κ2) is 13.1. The van der Waals surface area contributed by atoms with Gasteiger partial charge in [-0.25, -0.2) is 0 Å². The van der Waals surface area contributed by atoms with Crippen molar-refractivity contribution in [2.45, 2.75) is 97.0 Å². The fourth-order valence-electron chi connectivity index (χ4n) is 2.17. The van der Waals surface area contributed by atoms with Gasteiger partial charge in [0.25, 0.3) is 0 Å². The third kappa shape index (κ3) is 13.7. The number of carbonyl (C=O) groups is 1. The fourth-order valence-corrected chi connectivity index (χ4v) is 2.17. The minimum atomic E-state index is -0.147. The molecule has 1 N–H and O–H groups in total. The van der Waals surface area contributed by atoms with E-state index in [2.05, 4.69) is 6.92 Å². The van der Waals surface area contributed by atoms with Crippen molar-refractivity contribution >= 4 is 5.78 Å². The van der Waals surface area contributed by atoms with Crippen molar-refractivity contribution in [3.63, 3.8) is 0 Å². The summed E-state index contributed by atoms with van der Waals surface area (Å²) in [4.78, 5) is 11.5. The number of aliphatic hydroxyl groups is 1. The van der Waals surface area contributed by atoms with Gasteiger partial charge in [0, 0.05) is 12.8 Å². The van der Waals surface area contributed by atoms with Crippen LogP contribution in [0.1, 0.15) is 90.9 Å². The van der Waals surface area contributed by atoms with E-state index in [1.165, 1.54) is 38.5 Å².